The third kappa shape index (κ3) is 2.97. The number of nitriles is 1. The van der Waals surface area contributed by atoms with Crippen LogP contribution in [0.15, 0.2) is 18.2 Å². The number of nitrogens with one attached hydrogen (secondary N) is 1. The third-order valence-corrected chi connectivity index (χ3v) is 2.56. The predicted octanol–water partition coefficient (Wildman–Crippen LogP) is 2.44. The molecule has 0 unspecified atom stereocenters. The number of nitrogens with zero attached hydrogens (tertiary/aromatic N) is 1. The Morgan fingerprint density at radius 1 is 1.53 bits per heavy atom. The molecule has 17 heavy (non-hydrogen) atoms. The van der Waals surface area contributed by atoms with Gasteiger partial charge in [-0.05, 0) is 38.0 Å². The van der Waals surface area contributed by atoms with Crippen LogP contribution in [0.5, 0.6) is 5.75 Å². The lowest BCUT2D eigenvalue weighted by atomic mass is 9.94. The van der Waals surface area contributed by atoms with Crippen molar-refractivity contribution in [2.75, 3.05) is 5.32 Å². The van der Waals surface area contributed by atoms with Gasteiger partial charge in [-0.25, -0.2) is 0 Å². The summed E-state index contributed by atoms with van der Waals surface area (Å²) in [5.41, 5.74) is 0.236. The van der Waals surface area contributed by atoms with Crippen molar-refractivity contribution < 1.29 is 9.90 Å². The van der Waals surface area contributed by atoms with E-state index in [0.717, 1.165) is 12.0 Å². The van der Waals surface area contributed by atoms with Crippen LogP contribution in [0.1, 0.15) is 26.3 Å². The van der Waals surface area contributed by atoms with Gasteiger partial charge in [0.15, 0.2) is 0 Å². The van der Waals surface area contributed by atoms with Gasteiger partial charge in [0.2, 0.25) is 5.91 Å². The zero-order chi connectivity index (χ0) is 13.1. The Morgan fingerprint density at radius 3 is 2.71 bits per heavy atom. The predicted molar refractivity (Wildman–Crippen MR) is 65.5 cm³/mol. The van der Waals surface area contributed by atoms with Crippen LogP contribution in [0.25, 0.3) is 0 Å². The van der Waals surface area contributed by atoms with E-state index in [0.29, 0.717) is 5.69 Å². The van der Waals surface area contributed by atoms with Crippen molar-refractivity contribution in [3.63, 3.8) is 0 Å². The first kappa shape index (κ1) is 13.0. The lowest BCUT2D eigenvalue weighted by Crippen LogP contribution is -2.29. The molecule has 0 saturated heterocycles. The second-order valence-electron chi connectivity index (χ2n) is 4.40. The van der Waals surface area contributed by atoms with Gasteiger partial charge in [0.1, 0.15) is 11.2 Å². The van der Waals surface area contributed by atoms with Crippen LogP contribution < -0.4 is 5.32 Å². The molecule has 1 rings (SSSR count). The van der Waals surface area contributed by atoms with Crippen LogP contribution in [0, 0.1) is 16.7 Å². The molecule has 1 aromatic rings. The number of phenolic OH excluding ortho intramolecular Hbond substituents is 1. The zero-order valence-corrected chi connectivity index (χ0v) is 10.2. The van der Waals surface area contributed by atoms with E-state index in [-0.39, 0.29) is 5.75 Å². The van der Waals surface area contributed by atoms with Crippen molar-refractivity contribution in [3.05, 3.63) is 23.8 Å². The fourth-order valence-electron chi connectivity index (χ4n) is 1.23. The summed E-state index contributed by atoms with van der Waals surface area (Å²) in [5.74, 6) is -0.423. The lowest BCUT2D eigenvalue weighted by Gasteiger charge is -2.16. The van der Waals surface area contributed by atoms with Crippen LogP contribution in [0.4, 0.5) is 5.69 Å². The number of benzene rings is 1. The number of carbonyl (C=O) groups is 1. The normalized spacial score (nSPS) is 10.7. The summed E-state index contributed by atoms with van der Waals surface area (Å²) in [7, 11) is 0. The zero-order valence-electron chi connectivity index (χ0n) is 10.2. The highest BCUT2D eigenvalue weighted by molar-refractivity contribution is 5.97. The number of anilines is 1. The highest BCUT2D eigenvalue weighted by Gasteiger charge is 2.27. The molecular weight excluding hydrogens is 216 g/mol. The Kier molecular flexibility index (Phi) is 3.74. The molecule has 0 radical (unpaired) electrons. The number of aromatic hydroxyl groups is 1. The Labute approximate surface area is 101 Å². The fraction of sp³-hybridized carbons (Fsp3) is 0.385. The first-order chi connectivity index (χ1) is 7.90. The lowest BCUT2D eigenvalue weighted by molar-refractivity contribution is -0.121. The quantitative estimate of drug-likeness (QED) is 0.786. The molecule has 0 heterocycles. The van der Waals surface area contributed by atoms with Crippen LogP contribution >= 0.6 is 0 Å². The van der Waals surface area contributed by atoms with E-state index in [4.69, 9.17) is 5.26 Å². The summed E-state index contributed by atoms with van der Waals surface area (Å²) in [6, 6.07) is 6.95. The van der Waals surface area contributed by atoms with Gasteiger partial charge in [0.25, 0.3) is 0 Å². The summed E-state index contributed by atoms with van der Waals surface area (Å²) in [4.78, 5) is 11.8. The van der Waals surface area contributed by atoms with Gasteiger partial charge in [-0.15, -0.1) is 0 Å². The van der Waals surface area contributed by atoms with Crippen molar-refractivity contribution in [1.82, 2.24) is 0 Å². The molecule has 0 atom stereocenters. The molecule has 1 amide bonds. The van der Waals surface area contributed by atoms with Gasteiger partial charge in [-0.3, -0.25) is 4.79 Å². The summed E-state index contributed by atoms with van der Waals surface area (Å²) in [5, 5.41) is 21.0. The maximum Gasteiger partial charge on any atom is 0.244 e. The number of amides is 1. The SMILES string of the molecule is CCc1ccc(O)c(NC(=O)C(C)(C)C#N)c1. The molecule has 0 fully saturated rings. The first-order valence-electron chi connectivity index (χ1n) is 5.45. The molecule has 0 spiro atoms. The topological polar surface area (TPSA) is 73.1 Å². The van der Waals surface area contributed by atoms with Gasteiger partial charge in [-0.1, -0.05) is 13.0 Å². The smallest absolute Gasteiger partial charge is 0.244 e. The number of aryl methyl sites for hydroxylation is 1. The van der Waals surface area contributed by atoms with Crippen molar-refractivity contribution in [2.45, 2.75) is 27.2 Å². The first-order valence-corrected chi connectivity index (χ1v) is 5.45. The van der Waals surface area contributed by atoms with E-state index >= 15 is 0 Å². The molecule has 0 aromatic heterocycles. The molecule has 0 aliphatic carbocycles. The second-order valence-corrected chi connectivity index (χ2v) is 4.40. The summed E-state index contributed by atoms with van der Waals surface area (Å²) >= 11 is 0. The van der Waals surface area contributed by atoms with Crippen molar-refractivity contribution >= 4 is 11.6 Å². The Bertz CT molecular complexity index is 473. The molecule has 0 aliphatic heterocycles. The average Bonchev–Trinajstić information content (AvgIpc) is 2.31. The fourth-order valence-corrected chi connectivity index (χ4v) is 1.23. The third-order valence-electron chi connectivity index (χ3n) is 2.56. The Balaban J connectivity index is 2.96. The monoisotopic (exact) mass is 232 g/mol. The van der Waals surface area contributed by atoms with Crippen LogP contribution in [0.2, 0.25) is 0 Å². The van der Waals surface area contributed by atoms with Crippen LogP contribution in [-0.4, -0.2) is 11.0 Å². The summed E-state index contributed by atoms with van der Waals surface area (Å²) < 4.78 is 0. The van der Waals surface area contributed by atoms with Gasteiger partial charge in [0, 0.05) is 0 Å². The molecule has 4 heteroatoms. The molecule has 90 valence electrons. The number of phenols is 1. The minimum absolute atomic E-state index is 0.00397. The number of carbonyl (C=O) groups excluding carboxylic acids is 1. The number of hydrogen-bond donors (Lipinski definition) is 2. The van der Waals surface area contributed by atoms with E-state index < -0.39 is 11.3 Å². The molecule has 4 nitrogen and oxygen atoms in total. The molecule has 0 saturated carbocycles. The van der Waals surface area contributed by atoms with Gasteiger partial charge >= 0.3 is 0 Å². The van der Waals surface area contributed by atoms with Crippen molar-refractivity contribution in [2.24, 2.45) is 5.41 Å². The van der Waals surface area contributed by atoms with Gasteiger partial charge in [0.05, 0.1) is 11.8 Å². The Morgan fingerprint density at radius 2 is 2.18 bits per heavy atom. The van der Waals surface area contributed by atoms with Crippen LogP contribution in [-0.2, 0) is 11.2 Å². The van der Waals surface area contributed by atoms with Crippen molar-refractivity contribution in [1.29, 1.82) is 5.26 Å². The molecule has 1 aromatic carbocycles. The van der Waals surface area contributed by atoms with Gasteiger partial charge in [-0.2, -0.15) is 5.26 Å². The highest BCUT2D eigenvalue weighted by atomic mass is 16.3. The van der Waals surface area contributed by atoms with Crippen molar-refractivity contribution in [3.8, 4) is 11.8 Å². The molecule has 2 N–H and O–H groups in total. The standard InChI is InChI=1S/C13H16N2O2/c1-4-9-5-6-11(16)10(7-9)15-12(17)13(2,3)8-14/h5-7,16H,4H2,1-3H3,(H,15,17). The van der Waals surface area contributed by atoms with E-state index in [1.807, 2.05) is 13.0 Å². The summed E-state index contributed by atoms with van der Waals surface area (Å²) in [6.45, 7) is 5.04. The maximum absolute atomic E-state index is 11.8. The second kappa shape index (κ2) is 4.88. The maximum atomic E-state index is 11.8. The molecular formula is C13H16N2O2. The van der Waals surface area contributed by atoms with E-state index in [1.165, 1.54) is 19.9 Å². The largest absolute Gasteiger partial charge is 0.506 e. The number of hydrogen-bond acceptors (Lipinski definition) is 3. The summed E-state index contributed by atoms with van der Waals surface area (Å²) in [6.07, 6.45) is 0.810. The minimum Gasteiger partial charge on any atom is -0.506 e. The average molecular weight is 232 g/mol. The van der Waals surface area contributed by atoms with Crippen LogP contribution in [0.3, 0.4) is 0 Å². The highest BCUT2D eigenvalue weighted by Crippen LogP contribution is 2.26. The van der Waals surface area contributed by atoms with E-state index in [1.54, 1.807) is 12.1 Å². The van der Waals surface area contributed by atoms with Gasteiger partial charge < -0.3 is 10.4 Å². The van der Waals surface area contributed by atoms with E-state index in [9.17, 15) is 9.90 Å². The Hall–Kier alpha value is -2.02. The molecule has 0 aliphatic rings. The number of rotatable bonds is 3. The minimum atomic E-state index is -1.12. The molecule has 0 bridgehead atoms. The van der Waals surface area contributed by atoms with E-state index in [2.05, 4.69) is 5.32 Å².